The number of hydrogen-bond donors (Lipinski definition) is 1. The van der Waals surface area contributed by atoms with Crippen molar-refractivity contribution >= 4 is 38.9 Å². The van der Waals surface area contributed by atoms with Crippen LogP contribution in [0, 0.1) is 0 Å². The van der Waals surface area contributed by atoms with Crippen molar-refractivity contribution in [1.29, 1.82) is 0 Å². The van der Waals surface area contributed by atoms with Crippen LogP contribution < -0.4 is 10.2 Å². The summed E-state index contributed by atoms with van der Waals surface area (Å²) in [5.74, 6) is -0.371. The molecule has 1 aliphatic heterocycles. The third-order valence-electron chi connectivity index (χ3n) is 5.12. The summed E-state index contributed by atoms with van der Waals surface area (Å²) in [6.07, 6.45) is 2.26. The minimum absolute atomic E-state index is 0.0525. The maximum Gasteiger partial charge on any atom is 0.255 e. The van der Waals surface area contributed by atoms with Crippen molar-refractivity contribution in [1.82, 2.24) is 4.31 Å². The van der Waals surface area contributed by atoms with E-state index in [1.54, 1.807) is 13.8 Å². The van der Waals surface area contributed by atoms with E-state index in [0.29, 0.717) is 18.8 Å². The number of benzene rings is 2. The molecule has 6 nitrogen and oxygen atoms in total. The van der Waals surface area contributed by atoms with Crippen molar-refractivity contribution < 1.29 is 13.2 Å². The number of carbonyl (C=O) groups is 1. The first kappa shape index (κ1) is 21.6. The van der Waals surface area contributed by atoms with Gasteiger partial charge in [0.15, 0.2) is 0 Å². The summed E-state index contributed by atoms with van der Waals surface area (Å²) < 4.78 is 27.1. The first-order valence-corrected chi connectivity index (χ1v) is 11.6. The number of nitrogens with zero attached hydrogens (tertiary/aromatic N) is 2. The van der Waals surface area contributed by atoms with E-state index in [2.05, 4.69) is 10.2 Å². The third-order valence-corrected chi connectivity index (χ3v) is 7.65. The first-order chi connectivity index (χ1) is 13.9. The monoisotopic (exact) mass is 435 g/mol. The van der Waals surface area contributed by atoms with Gasteiger partial charge in [-0.2, -0.15) is 4.31 Å². The van der Waals surface area contributed by atoms with Crippen LogP contribution in [0.15, 0.2) is 47.4 Å². The summed E-state index contributed by atoms with van der Waals surface area (Å²) in [6, 6.07) is 12.0. The van der Waals surface area contributed by atoms with Gasteiger partial charge in [-0.25, -0.2) is 8.42 Å². The molecule has 3 rings (SSSR count). The molecule has 1 amide bonds. The molecule has 8 heteroatoms. The van der Waals surface area contributed by atoms with Crippen molar-refractivity contribution in [3.8, 4) is 0 Å². The van der Waals surface area contributed by atoms with Gasteiger partial charge in [0, 0.05) is 31.7 Å². The Balaban J connectivity index is 1.90. The maximum absolute atomic E-state index is 12.9. The fourth-order valence-electron chi connectivity index (χ4n) is 3.55. The zero-order valence-electron chi connectivity index (χ0n) is 16.7. The fraction of sp³-hybridized carbons (Fsp3) is 0.381. The van der Waals surface area contributed by atoms with Gasteiger partial charge in [0.25, 0.3) is 5.91 Å². The van der Waals surface area contributed by atoms with Gasteiger partial charge >= 0.3 is 0 Å². The van der Waals surface area contributed by atoms with E-state index in [1.807, 2.05) is 24.3 Å². The molecule has 0 saturated carbocycles. The normalized spacial score (nSPS) is 14.4. The molecule has 29 heavy (non-hydrogen) atoms. The summed E-state index contributed by atoms with van der Waals surface area (Å²) in [5, 5.41) is 3.03. The molecule has 1 heterocycles. The van der Waals surface area contributed by atoms with Crippen molar-refractivity contribution in [3.63, 3.8) is 0 Å². The second kappa shape index (κ2) is 9.15. The number of hydrogen-bond acceptors (Lipinski definition) is 4. The van der Waals surface area contributed by atoms with Crippen molar-refractivity contribution in [3.05, 3.63) is 53.1 Å². The smallest absolute Gasteiger partial charge is 0.255 e. The Morgan fingerprint density at radius 1 is 1.10 bits per heavy atom. The van der Waals surface area contributed by atoms with E-state index in [0.717, 1.165) is 31.6 Å². The Labute approximate surface area is 177 Å². The second-order valence-corrected chi connectivity index (χ2v) is 9.21. The molecule has 0 aliphatic carbocycles. The zero-order chi connectivity index (χ0) is 21.0. The average molecular weight is 436 g/mol. The van der Waals surface area contributed by atoms with Gasteiger partial charge in [-0.1, -0.05) is 37.6 Å². The number of amides is 1. The minimum atomic E-state index is -3.77. The van der Waals surface area contributed by atoms with Crippen molar-refractivity contribution in [2.75, 3.05) is 36.4 Å². The molecule has 0 atom stereocenters. The number of rotatable bonds is 7. The largest absolute Gasteiger partial charge is 0.370 e. The van der Waals surface area contributed by atoms with E-state index in [4.69, 9.17) is 11.6 Å². The van der Waals surface area contributed by atoms with Crippen LogP contribution in [-0.4, -0.2) is 44.8 Å². The number of carbonyl (C=O) groups excluding carboxylic acids is 1. The molecule has 0 aromatic heterocycles. The van der Waals surface area contributed by atoms with Gasteiger partial charge < -0.3 is 10.2 Å². The zero-order valence-corrected chi connectivity index (χ0v) is 18.3. The summed E-state index contributed by atoms with van der Waals surface area (Å²) in [6.45, 7) is 6.10. The molecule has 1 saturated heterocycles. The van der Waals surface area contributed by atoms with E-state index in [9.17, 15) is 13.2 Å². The van der Waals surface area contributed by atoms with Crippen LogP contribution in [0.1, 0.15) is 37.0 Å². The minimum Gasteiger partial charge on any atom is -0.370 e. The molecular weight excluding hydrogens is 410 g/mol. The number of halogens is 1. The van der Waals surface area contributed by atoms with Crippen molar-refractivity contribution in [2.45, 2.75) is 31.6 Å². The lowest BCUT2D eigenvalue weighted by Gasteiger charge is -2.22. The van der Waals surface area contributed by atoms with Gasteiger partial charge in [-0.3, -0.25) is 4.79 Å². The Kier molecular flexibility index (Phi) is 6.82. The average Bonchev–Trinajstić information content (AvgIpc) is 3.24. The molecule has 0 unspecified atom stereocenters. The van der Waals surface area contributed by atoms with Crippen LogP contribution in [0.3, 0.4) is 0 Å². The standard InChI is InChI=1S/C21H26ClN3O3S/c1-3-25(4-2)29(27,28)20-15-16(11-12-17(20)22)21(26)23-18-9-5-6-10-19(18)24-13-7-8-14-24/h5-6,9-12,15H,3-4,7-8,13-14H2,1-2H3,(H,23,26). The van der Waals surface area contributed by atoms with Gasteiger partial charge in [-0.15, -0.1) is 0 Å². The predicted molar refractivity (Wildman–Crippen MR) is 117 cm³/mol. The van der Waals surface area contributed by atoms with Gasteiger partial charge in [-0.05, 0) is 43.2 Å². The summed E-state index contributed by atoms with van der Waals surface area (Å²) in [5.41, 5.74) is 1.93. The molecule has 1 N–H and O–H groups in total. The molecule has 2 aromatic rings. The highest BCUT2D eigenvalue weighted by molar-refractivity contribution is 7.89. The van der Waals surface area contributed by atoms with Gasteiger partial charge in [0.1, 0.15) is 4.90 Å². The Hall–Kier alpha value is -2.09. The van der Waals surface area contributed by atoms with Crippen LogP contribution in [-0.2, 0) is 10.0 Å². The highest BCUT2D eigenvalue weighted by Crippen LogP contribution is 2.30. The van der Waals surface area contributed by atoms with Crippen LogP contribution in [0.2, 0.25) is 5.02 Å². The van der Waals surface area contributed by atoms with Gasteiger partial charge in [0.2, 0.25) is 10.0 Å². The van der Waals surface area contributed by atoms with E-state index in [-0.39, 0.29) is 21.4 Å². The lowest BCUT2D eigenvalue weighted by Crippen LogP contribution is -2.31. The quantitative estimate of drug-likeness (QED) is 0.706. The van der Waals surface area contributed by atoms with Crippen LogP contribution in [0.25, 0.3) is 0 Å². The van der Waals surface area contributed by atoms with Crippen LogP contribution >= 0.6 is 11.6 Å². The molecular formula is C21H26ClN3O3S. The van der Waals surface area contributed by atoms with E-state index in [1.165, 1.54) is 22.5 Å². The molecule has 0 bridgehead atoms. The molecule has 0 radical (unpaired) electrons. The highest BCUT2D eigenvalue weighted by atomic mass is 35.5. The second-order valence-electron chi connectivity index (χ2n) is 6.90. The Morgan fingerprint density at radius 2 is 1.76 bits per heavy atom. The Morgan fingerprint density at radius 3 is 2.41 bits per heavy atom. The highest BCUT2D eigenvalue weighted by Gasteiger charge is 2.26. The van der Waals surface area contributed by atoms with Crippen LogP contribution in [0.5, 0.6) is 0 Å². The topological polar surface area (TPSA) is 69.7 Å². The van der Waals surface area contributed by atoms with Crippen LogP contribution in [0.4, 0.5) is 11.4 Å². The summed E-state index contributed by atoms with van der Waals surface area (Å²) in [7, 11) is -3.77. The fourth-order valence-corrected chi connectivity index (χ4v) is 5.51. The van der Waals surface area contributed by atoms with Crippen molar-refractivity contribution in [2.24, 2.45) is 0 Å². The maximum atomic E-state index is 12.9. The third kappa shape index (κ3) is 4.57. The number of sulfonamides is 1. The molecule has 0 spiro atoms. The number of para-hydroxylation sites is 2. The number of nitrogens with one attached hydrogen (secondary N) is 1. The molecule has 156 valence electrons. The van der Waals surface area contributed by atoms with E-state index >= 15 is 0 Å². The van der Waals surface area contributed by atoms with E-state index < -0.39 is 10.0 Å². The first-order valence-electron chi connectivity index (χ1n) is 9.83. The van der Waals surface area contributed by atoms with Gasteiger partial charge in [0.05, 0.1) is 16.4 Å². The predicted octanol–water partition coefficient (Wildman–Crippen LogP) is 4.22. The molecule has 1 aliphatic rings. The Bertz CT molecular complexity index is 984. The summed E-state index contributed by atoms with van der Waals surface area (Å²) >= 11 is 6.17. The molecule has 2 aromatic carbocycles. The lowest BCUT2D eigenvalue weighted by molar-refractivity contribution is 0.102. The lowest BCUT2D eigenvalue weighted by atomic mass is 10.2. The molecule has 1 fully saturated rings. The summed E-state index contributed by atoms with van der Waals surface area (Å²) in [4.78, 5) is 15.1. The number of anilines is 2. The SMILES string of the molecule is CCN(CC)S(=O)(=O)c1cc(C(=O)Nc2ccccc2N2CCCC2)ccc1Cl.